The normalized spacial score (nSPS) is 14.0. The third-order valence-electron chi connectivity index (χ3n) is 5.81. The Hall–Kier alpha value is -1.05. The predicted octanol–water partition coefficient (Wildman–Crippen LogP) is 0.0222. The van der Waals surface area contributed by atoms with Crippen molar-refractivity contribution in [1.29, 1.82) is 0 Å². The van der Waals surface area contributed by atoms with Crippen LogP contribution in [0.25, 0.3) is 0 Å². The zero-order chi connectivity index (χ0) is 31.4. The lowest BCUT2D eigenvalue weighted by Gasteiger charge is -2.22. The molecule has 2 N–H and O–H groups in total. The zero-order valence-electron chi connectivity index (χ0n) is 26.4. The van der Waals surface area contributed by atoms with Gasteiger partial charge in [0.15, 0.2) is 0 Å². The summed E-state index contributed by atoms with van der Waals surface area (Å²) in [5, 5.41) is 11.7. The molecule has 0 bridgehead atoms. The fraction of sp³-hybridized carbons (Fsp3) is 0.966. The molecule has 44 heavy (non-hydrogen) atoms. The van der Waals surface area contributed by atoms with Gasteiger partial charge in [0.2, 0.25) is 0 Å². The number of hydrogen-bond donors (Lipinski definition) is 2. The van der Waals surface area contributed by atoms with Crippen molar-refractivity contribution in [1.82, 2.24) is 5.32 Å². The summed E-state index contributed by atoms with van der Waals surface area (Å²) < 4.78 is 65.0. The topological polar surface area (TPSA) is 160 Å². The number of aliphatic carboxylic acids is 1. The highest BCUT2D eigenvalue weighted by atomic mass is 16.6. The van der Waals surface area contributed by atoms with Crippen LogP contribution in [0.2, 0.25) is 0 Å². The van der Waals surface area contributed by atoms with Gasteiger partial charge in [-0.15, -0.1) is 0 Å². The lowest BCUT2D eigenvalue weighted by Crippen LogP contribution is -2.33. The Kier molecular flexibility index (Phi) is 32.4. The van der Waals surface area contributed by atoms with E-state index < -0.39 is 5.97 Å². The van der Waals surface area contributed by atoms with Gasteiger partial charge in [0.1, 0.15) is 6.61 Å². The Morgan fingerprint density at radius 3 is 0.955 bits per heavy atom. The van der Waals surface area contributed by atoms with Crippen molar-refractivity contribution in [3.8, 4) is 0 Å². The molecule has 262 valence electrons. The number of carboxylic acids is 1. The van der Waals surface area contributed by atoms with E-state index >= 15 is 0 Å². The largest absolute Gasteiger partial charge is 0.480 e. The number of rotatable bonds is 36. The van der Waals surface area contributed by atoms with Gasteiger partial charge in [0, 0.05) is 0 Å². The molecule has 0 unspecified atom stereocenters. The summed E-state index contributed by atoms with van der Waals surface area (Å²) in [6.07, 6.45) is 2.52. The molecule has 1 heterocycles. The molecule has 15 heteroatoms. The lowest BCUT2D eigenvalue weighted by molar-refractivity contribution is -0.142. The molecule has 0 aromatic rings. The summed E-state index contributed by atoms with van der Waals surface area (Å²) in [5.41, 5.74) is 0. The van der Waals surface area contributed by atoms with Crippen LogP contribution in [0.15, 0.2) is 0 Å². The second-order valence-corrected chi connectivity index (χ2v) is 9.39. The Labute approximate surface area is 262 Å². The van der Waals surface area contributed by atoms with Gasteiger partial charge in [0.05, 0.1) is 151 Å². The zero-order valence-corrected chi connectivity index (χ0v) is 26.4. The SMILES string of the molecule is O=C(O)COCCOCCOCCOCCOCCOCCOCCOCCOCCOCCOCCOC1CCNCC1. The van der Waals surface area contributed by atoms with Crippen molar-refractivity contribution in [2.45, 2.75) is 18.9 Å². The number of carboxylic acid groups (broad SMARTS) is 1. The standard InChI is InChI=1S/C29H57NO14/c31-29(32)27-43-24-23-41-20-19-39-16-15-37-12-11-35-8-7-33-5-6-34-9-10-36-13-14-38-17-18-40-21-22-42-25-26-44-28-1-3-30-4-2-28/h28,30H,1-27H2,(H,31,32). The minimum Gasteiger partial charge on any atom is -0.480 e. The van der Waals surface area contributed by atoms with Gasteiger partial charge in [-0.25, -0.2) is 4.79 Å². The Morgan fingerprint density at radius 1 is 0.432 bits per heavy atom. The maximum absolute atomic E-state index is 10.3. The van der Waals surface area contributed by atoms with Crippen LogP contribution < -0.4 is 5.32 Å². The molecule has 0 spiro atoms. The van der Waals surface area contributed by atoms with E-state index in [1.807, 2.05) is 0 Å². The highest BCUT2D eigenvalue weighted by molar-refractivity contribution is 5.67. The van der Waals surface area contributed by atoms with Crippen LogP contribution in [-0.2, 0) is 61.6 Å². The third kappa shape index (κ3) is 32.3. The predicted molar refractivity (Wildman–Crippen MR) is 158 cm³/mol. The van der Waals surface area contributed by atoms with E-state index in [1.165, 1.54) is 0 Å². The van der Waals surface area contributed by atoms with E-state index in [2.05, 4.69) is 5.32 Å². The fourth-order valence-corrected chi connectivity index (χ4v) is 3.59. The lowest BCUT2D eigenvalue weighted by atomic mass is 10.1. The molecule has 15 nitrogen and oxygen atoms in total. The summed E-state index contributed by atoms with van der Waals surface area (Å²) in [6.45, 7) is 12.5. The Bertz CT molecular complexity index is 586. The average molecular weight is 644 g/mol. The number of nitrogens with one attached hydrogen (secondary N) is 1. The molecular formula is C29H57NO14. The van der Waals surface area contributed by atoms with Crippen LogP contribution in [0.3, 0.4) is 0 Å². The van der Waals surface area contributed by atoms with Gasteiger partial charge in [-0.2, -0.15) is 0 Å². The summed E-state index contributed by atoms with van der Waals surface area (Å²) >= 11 is 0. The van der Waals surface area contributed by atoms with Crippen LogP contribution in [0.5, 0.6) is 0 Å². The van der Waals surface area contributed by atoms with Crippen molar-refractivity contribution < 1.29 is 66.7 Å². The van der Waals surface area contributed by atoms with Crippen molar-refractivity contribution in [2.75, 3.05) is 165 Å². The Balaban J connectivity index is 1.60. The first kappa shape index (κ1) is 41.0. The molecular weight excluding hydrogens is 586 g/mol. The number of hydrogen-bond acceptors (Lipinski definition) is 14. The van der Waals surface area contributed by atoms with Crippen LogP contribution in [0.4, 0.5) is 0 Å². The maximum atomic E-state index is 10.3. The van der Waals surface area contributed by atoms with E-state index in [1.54, 1.807) is 0 Å². The Morgan fingerprint density at radius 2 is 0.682 bits per heavy atom. The second-order valence-electron chi connectivity index (χ2n) is 9.39. The molecule has 0 atom stereocenters. The molecule has 1 aliphatic rings. The highest BCUT2D eigenvalue weighted by Crippen LogP contribution is 2.06. The number of ether oxygens (including phenoxy) is 12. The summed E-state index contributed by atoms with van der Waals surface area (Å²) in [4.78, 5) is 10.3. The molecule has 1 aliphatic heterocycles. The minimum absolute atomic E-state index is 0.243. The summed E-state index contributed by atoms with van der Waals surface area (Å²) in [5.74, 6) is -0.995. The first-order valence-electron chi connectivity index (χ1n) is 15.7. The number of carbonyl (C=O) groups is 1. The molecule has 0 aromatic heterocycles. The van der Waals surface area contributed by atoms with Crippen LogP contribution in [0.1, 0.15) is 12.8 Å². The minimum atomic E-state index is -0.995. The third-order valence-corrected chi connectivity index (χ3v) is 5.81. The molecule has 1 saturated heterocycles. The monoisotopic (exact) mass is 643 g/mol. The van der Waals surface area contributed by atoms with Crippen molar-refractivity contribution >= 4 is 5.97 Å². The van der Waals surface area contributed by atoms with Crippen molar-refractivity contribution in [3.63, 3.8) is 0 Å². The molecule has 1 rings (SSSR count). The first-order valence-corrected chi connectivity index (χ1v) is 15.7. The van der Waals surface area contributed by atoms with Crippen molar-refractivity contribution in [3.05, 3.63) is 0 Å². The fourth-order valence-electron chi connectivity index (χ4n) is 3.59. The van der Waals surface area contributed by atoms with E-state index in [9.17, 15) is 4.79 Å². The van der Waals surface area contributed by atoms with Gasteiger partial charge in [-0.05, 0) is 25.9 Å². The van der Waals surface area contributed by atoms with Gasteiger partial charge in [-0.3, -0.25) is 0 Å². The molecule has 0 amide bonds. The molecule has 1 fully saturated rings. The second kappa shape index (κ2) is 34.8. The molecule has 0 saturated carbocycles. The number of piperidine rings is 1. The quantitative estimate of drug-likeness (QED) is 0.0879. The summed E-state index contributed by atoms with van der Waals surface area (Å²) in [7, 11) is 0. The smallest absolute Gasteiger partial charge is 0.329 e. The van der Waals surface area contributed by atoms with Crippen LogP contribution >= 0.6 is 0 Å². The van der Waals surface area contributed by atoms with Gasteiger partial charge >= 0.3 is 5.97 Å². The van der Waals surface area contributed by atoms with Crippen LogP contribution in [-0.4, -0.2) is 182 Å². The van der Waals surface area contributed by atoms with Crippen molar-refractivity contribution in [2.24, 2.45) is 0 Å². The van der Waals surface area contributed by atoms with Gasteiger partial charge < -0.3 is 67.3 Å². The summed E-state index contributed by atoms with van der Waals surface area (Å²) in [6, 6.07) is 0. The van der Waals surface area contributed by atoms with E-state index in [0.717, 1.165) is 25.9 Å². The average Bonchev–Trinajstić information content (AvgIpc) is 3.03. The molecule has 0 radical (unpaired) electrons. The van der Waals surface area contributed by atoms with Gasteiger partial charge in [0.25, 0.3) is 0 Å². The van der Waals surface area contributed by atoms with E-state index in [0.29, 0.717) is 145 Å². The van der Waals surface area contributed by atoms with E-state index in [4.69, 9.17) is 61.9 Å². The highest BCUT2D eigenvalue weighted by Gasteiger charge is 2.12. The van der Waals surface area contributed by atoms with E-state index in [-0.39, 0.29) is 13.2 Å². The molecule has 0 aliphatic carbocycles. The molecule has 0 aromatic carbocycles. The van der Waals surface area contributed by atoms with Crippen LogP contribution in [0, 0.1) is 0 Å². The van der Waals surface area contributed by atoms with Gasteiger partial charge in [-0.1, -0.05) is 0 Å². The first-order chi connectivity index (χ1) is 21.8. The maximum Gasteiger partial charge on any atom is 0.329 e.